The summed E-state index contributed by atoms with van der Waals surface area (Å²) in [5.41, 5.74) is 2.97. The van der Waals surface area contributed by atoms with Crippen molar-refractivity contribution in [2.75, 3.05) is 21.3 Å². The van der Waals surface area contributed by atoms with E-state index in [1.54, 1.807) is 38.3 Å². The molecular formula is C14H20N4O4. The molecule has 120 valence electrons. The lowest BCUT2D eigenvalue weighted by atomic mass is 10.2. The SMILES string of the molecule is CON=C(C)C(NO)C(=O)N(C)N=Cc1ccc(OC)cc1. The van der Waals surface area contributed by atoms with E-state index >= 15 is 0 Å². The van der Waals surface area contributed by atoms with Crippen LogP contribution in [0.4, 0.5) is 0 Å². The van der Waals surface area contributed by atoms with Crippen molar-refractivity contribution in [2.24, 2.45) is 10.3 Å². The van der Waals surface area contributed by atoms with Gasteiger partial charge in [0.25, 0.3) is 5.91 Å². The second-order valence-electron chi connectivity index (χ2n) is 4.36. The number of hydroxylamine groups is 1. The number of hydrazone groups is 1. The van der Waals surface area contributed by atoms with Gasteiger partial charge < -0.3 is 14.8 Å². The predicted octanol–water partition coefficient (Wildman–Crippen LogP) is 0.857. The van der Waals surface area contributed by atoms with E-state index < -0.39 is 11.9 Å². The number of benzene rings is 1. The van der Waals surface area contributed by atoms with E-state index in [1.807, 2.05) is 5.48 Å². The van der Waals surface area contributed by atoms with Gasteiger partial charge in [0.1, 0.15) is 12.9 Å². The number of nitrogens with one attached hydrogen (secondary N) is 1. The van der Waals surface area contributed by atoms with Gasteiger partial charge in [-0.05, 0) is 36.8 Å². The minimum absolute atomic E-state index is 0.279. The molecule has 0 aliphatic rings. The molecule has 8 nitrogen and oxygen atoms in total. The number of amides is 1. The fourth-order valence-corrected chi connectivity index (χ4v) is 1.61. The Morgan fingerprint density at radius 2 is 2.00 bits per heavy atom. The summed E-state index contributed by atoms with van der Waals surface area (Å²) in [4.78, 5) is 16.7. The van der Waals surface area contributed by atoms with Crippen molar-refractivity contribution in [3.63, 3.8) is 0 Å². The topological polar surface area (TPSA) is 95.7 Å². The van der Waals surface area contributed by atoms with Gasteiger partial charge in [0.15, 0.2) is 6.04 Å². The molecule has 0 aromatic heterocycles. The van der Waals surface area contributed by atoms with Crippen molar-refractivity contribution in [3.05, 3.63) is 29.8 Å². The van der Waals surface area contributed by atoms with Crippen LogP contribution in [0.2, 0.25) is 0 Å². The molecule has 0 aliphatic heterocycles. The number of hydrogen-bond acceptors (Lipinski definition) is 7. The second kappa shape index (κ2) is 8.75. The average molecular weight is 308 g/mol. The highest BCUT2D eigenvalue weighted by atomic mass is 16.6. The van der Waals surface area contributed by atoms with Crippen LogP contribution in [0.5, 0.6) is 5.75 Å². The molecule has 22 heavy (non-hydrogen) atoms. The molecule has 0 radical (unpaired) electrons. The Labute approximate surface area is 129 Å². The Morgan fingerprint density at radius 3 is 2.50 bits per heavy atom. The molecule has 0 aliphatic carbocycles. The molecule has 1 unspecified atom stereocenters. The standard InChI is InChI=1S/C14H20N4O4/c1-10(17-22-4)13(16-20)14(19)18(2)15-9-11-5-7-12(21-3)8-6-11/h5-9,13,16,20H,1-4H3. The number of rotatable bonds is 7. The molecule has 0 saturated heterocycles. The summed E-state index contributed by atoms with van der Waals surface area (Å²) in [6.07, 6.45) is 1.52. The highest BCUT2D eigenvalue weighted by Crippen LogP contribution is 2.10. The molecule has 8 heteroatoms. The van der Waals surface area contributed by atoms with Crippen molar-refractivity contribution in [2.45, 2.75) is 13.0 Å². The molecule has 0 fully saturated rings. The third-order valence-electron chi connectivity index (χ3n) is 2.84. The Bertz CT molecular complexity index is 542. The summed E-state index contributed by atoms with van der Waals surface area (Å²) >= 11 is 0. The van der Waals surface area contributed by atoms with Crippen LogP contribution in [0.15, 0.2) is 34.5 Å². The smallest absolute Gasteiger partial charge is 0.267 e. The summed E-state index contributed by atoms with van der Waals surface area (Å²) in [5, 5.41) is 17.8. The Morgan fingerprint density at radius 1 is 1.36 bits per heavy atom. The number of likely N-dealkylation sites (N-methyl/N-ethyl adjacent to an activating group) is 1. The van der Waals surface area contributed by atoms with Crippen molar-refractivity contribution >= 4 is 17.8 Å². The van der Waals surface area contributed by atoms with Crippen molar-refractivity contribution in [1.29, 1.82) is 0 Å². The number of nitrogens with zero attached hydrogens (tertiary/aromatic N) is 3. The molecular weight excluding hydrogens is 288 g/mol. The highest BCUT2D eigenvalue weighted by molar-refractivity contribution is 6.06. The number of methoxy groups -OCH3 is 1. The number of carbonyl (C=O) groups excluding carboxylic acids is 1. The molecule has 0 spiro atoms. The Balaban J connectivity index is 2.76. The van der Waals surface area contributed by atoms with E-state index in [-0.39, 0.29) is 5.71 Å². The normalized spacial score (nSPS) is 13.0. The third kappa shape index (κ3) is 4.83. The maximum Gasteiger partial charge on any atom is 0.267 e. The first-order chi connectivity index (χ1) is 10.5. The van der Waals surface area contributed by atoms with Gasteiger partial charge in [-0.25, -0.2) is 5.01 Å². The van der Waals surface area contributed by atoms with Gasteiger partial charge in [-0.2, -0.15) is 10.6 Å². The quantitative estimate of drug-likeness (QED) is 0.575. The monoisotopic (exact) mass is 308 g/mol. The van der Waals surface area contributed by atoms with Crippen LogP contribution in [0, 0.1) is 0 Å². The van der Waals surface area contributed by atoms with Gasteiger partial charge in [-0.1, -0.05) is 5.16 Å². The van der Waals surface area contributed by atoms with Crippen LogP contribution in [0.25, 0.3) is 0 Å². The Kier molecular flexibility index (Phi) is 7.00. The van der Waals surface area contributed by atoms with Gasteiger partial charge in [0.05, 0.1) is 19.0 Å². The summed E-state index contributed by atoms with van der Waals surface area (Å²) in [5.74, 6) is 0.253. The van der Waals surface area contributed by atoms with Gasteiger partial charge >= 0.3 is 0 Å². The van der Waals surface area contributed by atoms with Crippen LogP contribution in [0.1, 0.15) is 12.5 Å². The molecule has 1 rings (SSSR count). The lowest BCUT2D eigenvalue weighted by Crippen LogP contribution is -2.46. The summed E-state index contributed by atoms with van der Waals surface area (Å²) in [7, 11) is 4.42. The predicted molar refractivity (Wildman–Crippen MR) is 82.2 cm³/mol. The van der Waals surface area contributed by atoms with Gasteiger partial charge in [-0.3, -0.25) is 4.79 Å². The first-order valence-corrected chi connectivity index (χ1v) is 6.46. The minimum Gasteiger partial charge on any atom is -0.497 e. The van der Waals surface area contributed by atoms with Gasteiger partial charge in [-0.15, -0.1) is 0 Å². The zero-order chi connectivity index (χ0) is 16.5. The van der Waals surface area contributed by atoms with E-state index in [4.69, 9.17) is 9.94 Å². The number of ether oxygens (including phenoxy) is 1. The van der Waals surface area contributed by atoms with E-state index in [0.717, 1.165) is 16.3 Å². The fourth-order valence-electron chi connectivity index (χ4n) is 1.61. The van der Waals surface area contributed by atoms with E-state index in [0.29, 0.717) is 0 Å². The largest absolute Gasteiger partial charge is 0.497 e. The van der Waals surface area contributed by atoms with Crippen LogP contribution >= 0.6 is 0 Å². The molecule has 1 aromatic carbocycles. The fraction of sp³-hybridized carbons (Fsp3) is 0.357. The molecule has 0 saturated carbocycles. The van der Waals surface area contributed by atoms with E-state index in [2.05, 4.69) is 15.1 Å². The maximum atomic E-state index is 12.1. The molecule has 1 aromatic rings. The summed E-state index contributed by atoms with van der Waals surface area (Å²) < 4.78 is 5.06. The third-order valence-corrected chi connectivity index (χ3v) is 2.84. The summed E-state index contributed by atoms with van der Waals surface area (Å²) in [6.45, 7) is 1.55. The molecule has 2 N–H and O–H groups in total. The first kappa shape index (κ1) is 17.6. The molecule has 1 amide bonds. The van der Waals surface area contributed by atoms with Crippen LogP contribution in [-0.4, -0.2) is 55.4 Å². The van der Waals surface area contributed by atoms with E-state index in [9.17, 15) is 4.79 Å². The minimum atomic E-state index is -1.03. The van der Waals surface area contributed by atoms with E-state index in [1.165, 1.54) is 20.4 Å². The van der Waals surface area contributed by atoms with Crippen LogP contribution in [-0.2, 0) is 9.63 Å². The van der Waals surface area contributed by atoms with Gasteiger partial charge in [0.2, 0.25) is 0 Å². The lowest BCUT2D eigenvalue weighted by molar-refractivity contribution is -0.132. The van der Waals surface area contributed by atoms with Crippen molar-refractivity contribution in [1.82, 2.24) is 10.5 Å². The van der Waals surface area contributed by atoms with Crippen molar-refractivity contribution < 1.29 is 19.6 Å². The van der Waals surface area contributed by atoms with Gasteiger partial charge in [0, 0.05) is 7.05 Å². The maximum absolute atomic E-state index is 12.1. The molecule has 0 bridgehead atoms. The second-order valence-corrected chi connectivity index (χ2v) is 4.36. The Hall–Kier alpha value is -2.45. The zero-order valence-electron chi connectivity index (χ0n) is 13.0. The summed E-state index contributed by atoms with van der Waals surface area (Å²) in [6, 6.07) is 6.16. The molecule has 1 atom stereocenters. The van der Waals surface area contributed by atoms with Crippen LogP contribution in [0.3, 0.4) is 0 Å². The zero-order valence-corrected chi connectivity index (χ0v) is 13.0. The number of hydrogen-bond donors (Lipinski definition) is 2. The first-order valence-electron chi connectivity index (χ1n) is 6.46. The molecule has 0 heterocycles. The van der Waals surface area contributed by atoms with Crippen molar-refractivity contribution in [3.8, 4) is 5.75 Å². The van der Waals surface area contributed by atoms with Crippen LogP contribution < -0.4 is 10.2 Å². The highest BCUT2D eigenvalue weighted by Gasteiger charge is 2.24. The number of carbonyl (C=O) groups is 1. The lowest BCUT2D eigenvalue weighted by Gasteiger charge is -2.18. The average Bonchev–Trinajstić information content (AvgIpc) is 2.53. The number of oxime groups is 1.